The van der Waals surface area contributed by atoms with E-state index in [-0.39, 0.29) is 11.4 Å². The van der Waals surface area contributed by atoms with E-state index in [9.17, 15) is 20.3 Å². The second-order valence-corrected chi connectivity index (χ2v) is 4.77. The van der Waals surface area contributed by atoms with Crippen LogP contribution < -0.4 is 10.1 Å². The molecule has 1 heterocycles. The van der Waals surface area contributed by atoms with Crippen molar-refractivity contribution in [2.24, 2.45) is 0 Å². The summed E-state index contributed by atoms with van der Waals surface area (Å²) in [7, 11) is 0. The van der Waals surface area contributed by atoms with Gasteiger partial charge in [0.25, 0.3) is 5.69 Å². The molecule has 0 amide bonds. The van der Waals surface area contributed by atoms with E-state index >= 15 is 0 Å². The van der Waals surface area contributed by atoms with E-state index in [4.69, 9.17) is 14.6 Å². The normalized spacial score (nSPS) is 27.6. The first kappa shape index (κ1) is 16.4. The molecule has 9 heteroatoms. The van der Waals surface area contributed by atoms with E-state index in [2.05, 4.69) is 5.32 Å². The Kier molecular flexibility index (Phi) is 5.14. The van der Waals surface area contributed by atoms with Crippen LogP contribution in [-0.2, 0) is 4.74 Å². The van der Waals surface area contributed by atoms with Gasteiger partial charge in [-0.15, -0.1) is 0 Å². The van der Waals surface area contributed by atoms with Gasteiger partial charge in [-0.05, 0) is 19.1 Å². The van der Waals surface area contributed by atoms with Crippen LogP contribution in [0, 0.1) is 10.1 Å². The average Bonchev–Trinajstić information content (AvgIpc) is 2.76. The lowest BCUT2D eigenvalue weighted by Gasteiger charge is -2.18. The van der Waals surface area contributed by atoms with Crippen LogP contribution in [-0.4, -0.2) is 58.0 Å². The first-order valence-corrected chi connectivity index (χ1v) is 6.78. The molecule has 1 aromatic rings. The third-order valence-electron chi connectivity index (χ3n) is 3.32. The van der Waals surface area contributed by atoms with Crippen molar-refractivity contribution in [2.75, 3.05) is 18.5 Å². The summed E-state index contributed by atoms with van der Waals surface area (Å²) >= 11 is 0. The number of benzene rings is 1. The summed E-state index contributed by atoms with van der Waals surface area (Å²) in [6, 6.07) is 4.23. The number of hydrogen-bond donors (Lipinski definition) is 4. The van der Waals surface area contributed by atoms with Crippen LogP contribution in [0.3, 0.4) is 0 Å². The van der Waals surface area contributed by atoms with Crippen molar-refractivity contribution in [1.82, 2.24) is 0 Å². The third kappa shape index (κ3) is 3.28. The van der Waals surface area contributed by atoms with Gasteiger partial charge in [-0.2, -0.15) is 0 Å². The molecule has 0 bridgehead atoms. The third-order valence-corrected chi connectivity index (χ3v) is 3.32. The highest BCUT2D eigenvalue weighted by atomic mass is 16.6. The van der Waals surface area contributed by atoms with Gasteiger partial charge in [-0.25, -0.2) is 0 Å². The maximum absolute atomic E-state index is 11.1. The summed E-state index contributed by atoms with van der Waals surface area (Å²) in [5.41, 5.74) is -0.132. The Morgan fingerprint density at radius 3 is 2.68 bits per heavy atom. The topological polar surface area (TPSA) is 134 Å². The fourth-order valence-corrected chi connectivity index (χ4v) is 2.21. The molecule has 1 fully saturated rings. The van der Waals surface area contributed by atoms with Crippen molar-refractivity contribution in [1.29, 1.82) is 0 Å². The molecule has 122 valence electrons. The van der Waals surface area contributed by atoms with Gasteiger partial charge in [-0.3, -0.25) is 10.1 Å². The molecule has 0 aliphatic carbocycles. The van der Waals surface area contributed by atoms with Crippen molar-refractivity contribution < 1.29 is 29.7 Å². The lowest BCUT2D eigenvalue weighted by Crippen LogP contribution is -2.36. The van der Waals surface area contributed by atoms with Crippen LogP contribution in [0.15, 0.2) is 18.2 Å². The Balaban J connectivity index is 2.20. The van der Waals surface area contributed by atoms with E-state index in [1.807, 2.05) is 0 Å². The predicted molar refractivity (Wildman–Crippen MR) is 75.6 cm³/mol. The van der Waals surface area contributed by atoms with Crippen LogP contribution in [0.25, 0.3) is 0 Å². The Bertz CT molecular complexity index is 539. The molecule has 0 radical (unpaired) electrons. The molecule has 9 nitrogen and oxygen atoms in total. The van der Waals surface area contributed by atoms with Crippen molar-refractivity contribution in [3.05, 3.63) is 28.3 Å². The summed E-state index contributed by atoms with van der Waals surface area (Å²) in [6.07, 6.45) is -4.61. The quantitative estimate of drug-likeness (QED) is 0.420. The molecule has 2 rings (SSSR count). The summed E-state index contributed by atoms with van der Waals surface area (Å²) in [4.78, 5) is 10.5. The Morgan fingerprint density at radius 2 is 2.14 bits per heavy atom. The first-order valence-electron chi connectivity index (χ1n) is 6.78. The molecule has 0 spiro atoms. The summed E-state index contributed by atoms with van der Waals surface area (Å²) in [5, 5.41) is 42.3. The summed E-state index contributed by atoms with van der Waals surface area (Å²) in [6.45, 7) is 1.66. The van der Waals surface area contributed by atoms with E-state index in [0.29, 0.717) is 12.4 Å². The maximum Gasteiger partial charge on any atom is 0.296 e. The SMILES string of the molecule is CCOc1ccc(N[C@H]2O[C@@H](CO)[C@@H](O)[C@@H]2O)c([N+](=O)[O-])c1. The summed E-state index contributed by atoms with van der Waals surface area (Å²) < 4.78 is 10.4. The molecule has 1 saturated heterocycles. The van der Waals surface area contributed by atoms with E-state index in [1.54, 1.807) is 13.0 Å². The number of anilines is 1. The minimum absolute atomic E-state index is 0.114. The number of nitro groups is 1. The summed E-state index contributed by atoms with van der Waals surface area (Å²) in [5.74, 6) is 0.348. The number of rotatable bonds is 6. The molecule has 1 aliphatic rings. The number of nitro benzene ring substituents is 1. The highest BCUT2D eigenvalue weighted by Crippen LogP contribution is 2.32. The molecule has 0 aromatic heterocycles. The first-order chi connectivity index (χ1) is 10.5. The molecule has 0 unspecified atom stereocenters. The van der Waals surface area contributed by atoms with Crippen molar-refractivity contribution in [3.8, 4) is 5.75 Å². The number of aliphatic hydroxyl groups excluding tert-OH is 3. The lowest BCUT2D eigenvalue weighted by molar-refractivity contribution is -0.384. The number of nitrogens with one attached hydrogen (secondary N) is 1. The molecule has 4 atom stereocenters. The number of ether oxygens (including phenoxy) is 2. The zero-order valence-corrected chi connectivity index (χ0v) is 11.9. The Morgan fingerprint density at radius 1 is 1.41 bits per heavy atom. The van der Waals surface area contributed by atoms with Crippen LogP contribution in [0.5, 0.6) is 5.75 Å². The van der Waals surface area contributed by atoms with Crippen molar-refractivity contribution in [2.45, 2.75) is 31.5 Å². The van der Waals surface area contributed by atoms with Gasteiger partial charge >= 0.3 is 0 Å². The van der Waals surface area contributed by atoms with Crippen LogP contribution in [0.4, 0.5) is 11.4 Å². The van der Waals surface area contributed by atoms with E-state index < -0.39 is 36.1 Å². The largest absolute Gasteiger partial charge is 0.494 e. The Hall–Kier alpha value is -1.94. The van der Waals surface area contributed by atoms with Gasteiger partial charge in [0.05, 0.1) is 24.2 Å². The molecule has 4 N–H and O–H groups in total. The lowest BCUT2D eigenvalue weighted by atomic mass is 10.1. The molecule has 1 aliphatic heterocycles. The van der Waals surface area contributed by atoms with Gasteiger partial charge in [-0.1, -0.05) is 0 Å². The second kappa shape index (κ2) is 6.88. The molecule has 22 heavy (non-hydrogen) atoms. The fraction of sp³-hybridized carbons (Fsp3) is 0.538. The highest BCUT2D eigenvalue weighted by molar-refractivity contribution is 5.64. The van der Waals surface area contributed by atoms with E-state index in [0.717, 1.165) is 0 Å². The highest BCUT2D eigenvalue weighted by Gasteiger charge is 2.42. The van der Waals surface area contributed by atoms with E-state index in [1.165, 1.54) is 12.1 Å². The van der Waals surface area contributed by atoms with Crippen LogP contribution in [0.2, 0.25) is 0 Å². The minimum atomic E-state index is -1.32. The van der Waals surface area contributed by atoms with Crippen molar-refractivity contribution in [3.63, 3.8) is 0 Å². The number of aliphatic hydroxyl groups is 3. The van der Waals surface area contributed by atoms with Gasteiger partial charge in [0.15, 0.2) is 6.23 Å². The zero-order chi connectivity index (χ0) is 16.3. The number of hydrogen-bond acceptors (Lipinski definition) is 8. The smallest absolute Gasteiger partial charge is 0.296 e. The van der Waals surface area contributed by atoms with Gasteiger partial charge in [0.2, 0.25) is 0 Å². The van der Waals surface area contributed by atoms with Gasteiger partial charge in [0.1, 0.15) is 29.7 Å². The average molecular weight is 314 g/mol. The fourth-order valence-electron chi connectivity index (χ4n) is 2.21. The molecule has 1 aromatic carbocycles. The Labute approximate surface area is 126 Å². The van der Waals surface area contributed by atoms with Crippen molar-refractivity contribution >= 4 is 11.4 Å². The number of nitrogens with zero attached hydrogens (tertiary/aromatic N) is 1. The molecular weight excluding hydrogens is 296 g/mol. The predicted octanol–water partition coefficient (Wildman–Crippen LogP) is -0.156. The standard InChI is InChI=1S/C13H18N2O7/c1-2-21-7-3-4-8(9(5-7)15(19)20)14-13-12(18)11(17)10(6-16)22-13/h3-5,10-14,16-18H,2,6H2,1H3/t10-,11+,12-,13-/m0/s1. The monoisotopic (exact) mass is 314 g/mol. The molecule has 0 saturated carbocycles. The van der Waals surface area contributed by atoms with Gasteiger partial charge in [0, 0.05) is 0 Å². The van der Waals surface area contributed by atoms with Crippen LogP contribution in [0.1, 0.15) is 6.92 Å². The van der Waals surface area contributed by atoms with Gasteiger partial charge < -0.3 is 30.1 Å². The molecular formula is C13H18N2O7. The minimum Gasteiger partial charge on any atom is -0.494 e. The zero-order valence-electron chi connectivity index (χ0n) is 11.9. The second-order valence-electron chi connectivity index (χ2n) is 4.77. The van der Waals surface area contributed by atoms with Crippen LogP contribution >= 0.6 is 0 Å². The maximum atomic E-state index is 11.1.